The second kappa shape index (κ2) is 19.1. The Morgan fingerprint density at radius 3 is 2.47 bits per heavy atom. The van der Waals surface area contributed by atoms with Crippen LogP contribution in [0.25, 0.3) is 11.2 Å². The van der Waals surface area contributed by atoms with E-state index in [1.165, 1.54) is 10.9 Å². The Kier molecular flexibility index (Phi) is 14.4. The van der Waals surface area contributed by atoms with Crippen LogP contribution in [0.1, 0.15) is 83.9 Å². The lowest BCUT2D eigenvalue weighted by Gasteiger charge is -2.31. The Bertz CT molecular complexity index is 1980. The Morgan fingerprint density at radius 2 is 1.78 bits per heavy atom. The maximum atomic E-state index is 14.8. The maximum absolute atomic E-state index is 14.8. The number of nitrogen functional groups attached to an aromatic ring is 1. The van der Waals surface area contributed by atoms with Gasteiger partial charge in [0.15, 0.2) is 22.6 Å². The summed E-state index contributed by atoms with van der Waals surface area (Å²) in [7, 11) is -4.54. The minimum absolute atomic E-state index is 0.0214. The van der Waals surface area contributed by atoms with Crippen LogP contribution in [-0.2, 0) is 39.3 Å². The van der Waals surface area contributed by atoms with Gasteiger partial charge in [0, 0.05) is 12.8 Å². The summed E-state index contributed by atoms with van der Waals surface area (Å²) in [6.45, 7) is 4.89. The lowest BCUT2D eigenvalue weighted by atomic mass is 9.98. The number of fused-ring (bicyclic) bond motifs is 1. The van der Waals surface area contributed by atoms with Crippen LogP contribution in [0.15, 0.2) is 67.0 Å². The smallest absolute Gasteiger partial charge is 0.459 e. The summed E-state index contributed by atoms with van der Waals surface area (Å²) in [5.74, 6) is 1.36. The number of carbonyl (C=O) groups excluding carboxylic acids is 2. The normalized spacial score (nSPS) is 19.8. The second-order valence-electron chi connectivity index (χ2n) is 13.6. The molecule has 1 fully saturated rings. The summed E-state index contributed by atoms with van der Waals surface area (Å²) in [5, 5.41) is 2.79. The van der Waals surface area contributed by atoms with Crippen molar-refractivity contribution in [2.24, 2.45) is 0 Å². The van der Waals surface area contributed by atoms with E-state index in [1.54, 1.807) is 44.2 Å². The van der Waals surface area contributed by atoms with E-state index >= 15 is 0 Å². The molecule has 0 aliphatic carbocycles. The topological polar surface area (TPSA) is 179 Å². The largest absolute Gasteiger partial charge is 0.462 e. The Hall–Kier alpha value is -4.87. The molecule has 0 saturated carbocycles. The average molecular weight is 779 g/mol. The molecule has 16 heteroatoms. The van der Waals surface area contributed by atoms with Gasteiger partial charge in [-0.15, -0.1) is 6.42 Å². The Balaban J connectivity index is 1.45. The molecule has 55 heavy (non-hydrogen) atoms. The van der Waals surface area contributed by atoms with Crippen LogP contribution in [0, 0.1) is 18.4 Å². The number of nitrogens with one attached hydrogen (secondary N) is 1. The SMILES string of the molecule is C#C[C@]1(CO[P@@](=O)(NC(Cc2ccccc2)C(=O)OC(C)C)Oc2ccccc2)O[C@@H](n2cnc3c(N)nc(F)nc32)C[C@@H]1OC(=O)CCCCCCCC. The number of terminal acetylenes is 1. The molecule has 0 bridgehead atoms. The lowest BCUT2D eigenvalue weighted by molar-refractivity contribution is -0.158. The minimum atomic E-state index is -4.54. The first kappa shape index (κ1) is 41.3. The molecule has 3 N–H and O–H groups in total. The van der Waals surface area contributed by atoms with Gasteiger partial charge in [0.05, 0.1) is 12.4 Å². The van der Waals surface area contributed by atoms with Crippen molar-refractivity contribution in [2.75, 3.05) is 12.3 Å². The number of hydrogen-bond donors (Lipinski definition) is 2. The quantitative estimate of drug-likeness (QED) is 0.0313. The lowest BCUT2D eigenvalue weighted by Crippen LogP contribution is -2.46. The third kappa shape index (κ3) is 11.1. The summed E-state index contributed by atoms with van der Waals surface area (Å²) in [4.78, 5) is 38.3. The molecule has 1 aliphatic heterocycles. The van der Waals surface area contributed by atoms with E-state index in [2.05, 4.69) is 32.9 Å². The summed E-state index contributed by atoms with van der Waals surface area (Å²) < 4.78 is 60.6. The molecule has 0 spiro atoms. The zero-order chi connectivity index (χ0) is 39.4. The van der Waals surface area contributed by atoms with E-state index in [9.17, 15) is 18.5 Å². The standard InChI is InChI=1S/C39H48FN6O8P/c1-5-7-8-9-10-17-22-33(47)52-31-24-32(46-26-42-34-35(41)43-38(40)44-36(34)46)53-39(31,6-2)25-50-55(49,54-29-20-15-12-16-21-29)45-30(37(48)51-27(3)4)23-28-18-13-11-14-19-28/h2,11-16,18-21,26-27,30-32H,5,7-10,17,22-25H2,1,3-4H3,(H,45,49)(H2,41,43,44)/t30?,31-,32+,39+,55-/m0/s1. The van der Waals surface area contributed by atoms with Crippen molar-refractivity contribution in [1.82, 2.24) is 24.6 Å². The van der Waals surface area contributed by atoms with Gasteiger partial charge in [0.1, 0.15) is 30.7 Å². The van der Waals surface area contributed by atoms with Gasteiger partial charge in [-0.05, 0) is 44.4 Å². The van der Waals surface area contributed by atoms with E-state index in [0.29, 0.717) is 6.42 Å². The predicted octanol–water partition coefficient (Wildman–Crippen LogP) is 6.86. The summed E-state index contributed by atoms with van der Waals surface area (Å²) in [6, 6.07) is 16.1. The molecule has 5 rings (SSSR count). The van der Waals surface area contributed by atoms with E-state index in [0.717, 1.165) is 37.7 Å². The zero-order valence-corrected chi connectivity index (χ0v) is 32.2. The number of para-hydroxylation sites is 1. The summed E-state index contributed by atoms with van der Waals surface area (Å²) in [6.07, 6.45) is 9.72. The van der Waals surface area contributed by atoms with E-state index in [-0.39, 0.29) is 42.0 Å². The second-order valence-corrected chi connectivity index (χ2v) is 15.3. The van der Waals surface area contributed by atoms with Crippen molar-refractivity contribution in [3.63, 3.8) is 0 Å². The molecule has 1 saturated heterocycles. The first-order chi connectivity index (χ1) is 26.4. The number of unbranched alkanes of at least 4 members (excludes halogenated alkanes) is 5. The third-order valence-corrected chi connectivity index (χ3v) is 10.5. The molecule has 0 amide bonds. The molecule has 1 unspecified atom stereocenters. The first-order valence-electron chi connectivity index (χ1n) is 18.5. The van der Waals surface area contributed by atoms with Crippen molar-refractivity contribution in [1.29, 1.82) is 0 Å². The van der Waals surface area contributed by atoms with Gasteiger partial charge in [0.2, 0.25) is 0 Å². The van der Waals surface area contributed by atoms with Crippen LogP contribution in [-0.4, -0.2) is 61.9 Å². The van der Waals surface area contributed by atoms with Crippen LogP contribution in [0.2, 0.25) is 0 Å². The van der Waals surface area contributed by atoms with Crippen LogP contribution in [0.4, 0.5) is 10.2 Å². The molecular weight excluding hydrogens is 730 g/mol. The third-order valence-electron chi connectivity index (χ3n) is 8.92. The number of rotatable bonds is 20. The van der Waals surface area contributed by atoms with E-state index < -0.39 is 62.4 Å². The summed E-state index contributed by atoms with van der Waals surface area (Å²) >= 11 is 0. The van der Waals surface area contributed by atoms with Gasteiger partial charge in [-0.25, -0.2) is 9.55 Å². The van der Waals surface area contributed by atoms with Crippen LogP contribution in [0.5, 0.6) is 5.75 Å². The minimum Gasteiger partial charge on any atom is -0.462 e. The van der Waals surface area contributed by atoms with Crippen LogP contribution >= 0.6 is 7.75 Å². The average Bonchev–Trinajstić information content (AvgIpc) is 3.74. The highest BCUT2D eigenvalue weighted by atomic mass is 31.2. The number of anilines is 1. The molecule has 14 nitrogen and oxygen atoms in total. The highest BCUT2D eigenvalue weighted by molar-refractivity contribution is 7.52. The fourth-order valence-electron chi connectivity index (χ4n) is 6.17. The van der Waals surface area contributed by atoms with Crippen molar-refractivity contribution < 1.29 is 41.8 Å². The number of benzene rings is 2. The maximum Gasteiger partial charge on any atom is 0.459 e. The van der Waals surface area contributed by atoms with Crippen molar-refractivity contribution in [3.8, 4) is 18.1 Å². The predicted molar refractivity (Wildman–Crippen MR) is 203 cm³/mol. The molecule has 1 aliphatic rings. The van der Waals surface area contributed by atoms with Crippen molar-refractivity contribution in [2.45, 2.75) is 109 Å². The van der Waals surface area contributed by atoms with Crippen LogP contribution in [0.3, 0.4) is 0 Å². The van der Waals surface area contributed by atoms with Gasteiger partial charge in [-0.3, -0.25) is 18.7 Å². The van der Waals surface area contributed by atoms with Gasteiger partial charge in [-0.2, -0.15) is 19.4 Å². The molecular formula is C39H48FN6O8P. The zero-order valence-electron chi connectivity index (χ0n) is 31.3. The molecule has 5 atom stereocenters. The van der Waals surface area contributed by atoms with Crippen LogP contribution < -0.4 is 15.3 Å². The number of aromatic nitrogens is 4. The fourth-order valence-corrected chi connectivity index (χ4v) is 7.69. The number of imidazole rings is 1. The number of halogens is 1. The number of nitrogens with two attached hydrogens (primary N) is 1. The van der Waals surface area contributed by atoms with Gasteiger partial charge in [-0.1, -0.05) is 93.5 Å². The Labute approximate surface area is 320 Å². The Morgan fingerprint density at radius 1 is 1.09 bits per heavy atom. The van der Waals surface area contributed by atoms with Gasteiger partial charge >= 0.3 is 25.8 Å². The number of hydrogen-bond acceptors (Lipinski definition) is 12. The number of ether oxygens (including phenoxy) is 3. The van der Waals surface area contributed by atoms with Gasteiger partial charge in [0.25, 0.3) is 0 Å². The van der Waals surface area contributed by atoms with Gasteiger partial charge < -0.3 is 24.5 Å². The molecule has 2 aromatic carbocycles. The highest BCUT2D eigenvalue weighted by Gasteiger charge is 2.53. The highest BCUT2D eigenvalue weighted by Crippen LogP contribution is 2.49. The molecule has 294 valence electrons. The number of carbonyl (C=O) groups is 2. The monoisotopic (exact) mass is 778 g/mol. The van der Waals surface area contributed by atoms with E-state index in [1.807, 2.05) is 30.3 Å². The number of nitrogens with zero attached hydrogens (tertiary/aromatic N) is 4. The molecule has 3 heterocycles. The molecule has 4 aromatic rings. The summed E-state index contributed by atoms with van der Waals surface area (Å²) in [5.41, 5.74) is 4.94. The molecule has 2 aromatic heterocycles. The molecule has 0 radical (unpaired) electrons. The van der Waals surface area contributed by atoms with Crippen molar-refractivity contribution in [3.05, 3.63) is 78.6 Å². The fraction of sp³-hybridized carbons (Fsp3) is 0.462. The number of esters is 2. The van der Waals surface area contributed by atoms with E-state index in [4.69, 9.17) is 35.4 Å². The van der Waals surface area contributed by atoms with Crippen molar-refractivity contribution >= 4 is 36.7 Å². The first-order valence-corrected chi connectivity index (χ1v) is 20.0.